The maximum Gasteiger partial charge on any atom is 0.216 e. The molecule has 4 nitrogen and oxygen atoms in total. The molecule has 4 aromatic heterocycles. The SMILES string of the molecule is Cc1ccc(-c2[c-]cccc2)nc1.Cc1ccnc(-c2[c-]ccc3c2oc2nc(Cc4ccccc4)ccc23)c1.[Ir]. The first-order valence-electron chi connectivity index (χ1n) is 13.2. The van der Waals surface area contributed by atoms with Gasteiger partial charge in [0.15, 0.2) is 0 Å². The molecule has 5 heteroatoms. The van der Waals surface area contributed by atoms with Crippen molar-refractivity contribution in [2.75, 3.05) is 0 Å². The number of rotatable bonds is 4. The van der Waals surface area contributed by atoms with Crippen molar-refractivity contribution in [1.82, 2.24) is 15.0 Å². The first-order valence-corrected chi connectivity index (χ1v) is 13.2. The molecular weight excluding hydrogens is 683 g/mol. The molecule has 0 N–H and O–H groups in total. The second kappa shape index (κ2) is 12.8. The number of hydrogen-bond acceptors (Lipinski definition) is 4. The summed E-state index contributed by atoms with van der Waals surface area (Å²) in [6.07, 6.45) is 4.47. The molecule has 7 rings (SSSR count). The van der Waals surface area contributed by atoms with Crippen LogP contribution < -0.4 is 0 Å². The van der Waals surface area contributed by atoms with Gasteiger partial charge in [0.1, 0.15) is 0 Å². The molecule has 0 spiro atoms. The van der Waals surface area contributed by atoms with Gasteiger partial charge in [-0.25, -0.2) is 4.98 Å². The van der Waals surface area contributed by atoms with Gasteiger partial charge in [0.25, 0.3) is 0 Å². The molecule has 0 amide bonds. The summed E-state index contributed by atoms with van der Waals surface area (Å²) in [5, 5.41) is 2.06. The first-order chi connectivity index (χ1) is 19.6. The molecule has 0 bridgehead atoms. The Bertz CT molecular complexity index is 1880. The number of hydrogen-bond donors (Lipinski definition) is 0. The van der Waals surface area contributed by atoms with Crippen molar-refractivity contribution in [3.63, 3.8) is 0 Å². The average molecular weight is 710 g/mol. The third-order valence-corrected chi connectivity index (χ3v) is 6.65. The molecular formula is C36H27IrN3O-2. The molecule has 0 fully saturated rings. The zero-order valence-electron chi connectivity index (χ0n) is 22.8. The van der Waals surface area contributed by atoms with Crippen molar-refractivity contribution in [3.05, 3.63) is 150 Å². The van der Waals surface area contributed by atoms with Crippen LogP contribution in [0.1, 0.15) is 22.4 Å². The van der Waals surface area contributed by atoms with E-state index in [4.69, 9.17) is 9.40 Å². The molecule has 0 aliphatic heterocycles. The molecule has 41 heavy (non-hydrogen) atoms. The Morgan fingerprint density at radius 3 is 2.32 bits per heavy atom. The number of benzene rings is 3. The summed E-state index contributed by atoms with van der Waals surface area (Å²) >= 11 is 0. The minimum absolute atomic E-state index is 0. The van der Waals surface area contributed by atoms with Crippen LogP contribution in [-0.2, 0) is 26.5 Å². The Labute approximate surface area is 253 Å². The fourth-order valence-corrected chi connectivity index (χ4v) is 4.61. The van der Waals surface area contributed by atoms with Gasteiger partial charge in [-0.15, -0.1) is 54.1 Å². The zero-order chi connectivity index (χ0) is 27.3. The predicted molar refractivity (Wildman–Crippen MR) is 161 cm³/mol. The fraction of sp³-hybridized carbons (Fsp3) is 0.0833. The number of pyridine rings is 3. The summed E-state index contributed by atoms with van der Waals surface area (Å²) in [6.45, 7) is 4.09. The van der Waals surface area contributed by atoms with Crippen LogP contribution in [0.25, 0.3) is 44.6 Å². The third kappa shape index (κ3) is 6.49. The van der Waals surface area contributed by atoms with E-state index < -0.39 is 0 Å². The van der Waals surface area contributed by atoms with Crippen LogP contribution in [-0.4, -0.2) is 15.0 Å². The summed E-state index contributed by atoms with van der Waals surface area (Å²) in [5.41, 5.74) is 9.77. The van der Waals surface area contributed by atoms with E-state index in [1.165, 1.54) is 11.1 Å². The number of aromatic nitrogens is 3. The van der Waals surface area contributed by atoms with Crippen LogP contribution in [0.3, 0.4) is 0 Å². The first kappa shape index (κ1) is 28.1. The van der Waals surface area contributed by atoms with E-state index >= 15 is 0 Å². The van der Waals surface area contributed by atoms with Gasteiger partial charge >= 0.3 is 0 Å². The molecule has 0 atom stereocenters. The second-order valence-electron chi connectivity index (χ2n) is 9.73. The minimum Gasteiger partial charge on any atom is -0.486 e. The van der Waals surface area contributed by atoms with Crippen LogP contribution in [0, 0.1) is 26.0 Å². The number of aryl methyl sites for hydroxylation is 2. The van der Waals surface area contributed by atoms with Crippen molar-refractivity contribution in [2.45, 2.75) is 20.3 Å². The van der Waals surface area contributed by atoms with E-state index in [2.05, 4.69) is 59.4 Å². The largest absolute Gasteiger partial charge is 0.486 e. The van der Waals surface area contributed by atoms with Crippen LogP contribution in [0.5, 0.6) is 0 Å². The molecule has 0 unspecified atom stereocenters. The fourth-order valence-electron chi connectivity index (χ4n) is 4.61. The summed E-state index contributed by atoms with van der Waals surface area (Å²) in [4.78, 5) is 13.6. The van der Waals surface area contributed by atoms with E-state index in [9.17, 15) is 0 Å². The van der Waals surface area contributed by atoms with Crippen molar-refractivity contribution in [3.8, 4) is 22.5 Å². The van der Waals surface area contributed by atoms with E-state index in [1.54, 1.807) is 0 Å². The average Bonchev–Trinajstić information content (AvgIpc) is 3.37. The number of furan rings is 1. The summed E-state index contributed by atoms with van der Waals surface area (Å²) in [7, 11) is 0. The van der Waals surface area contributed by atoms with Crippen LogP contribution in [0.4, 0.5) is 0 Å². The predicted octanol–water partition coefficient (Wildman–Crippen LogP) is 8.60. The molecule has 0 aliphatic rings. The number of fused-ring (bicyclic) bond motifs is 3. The van der Waals surface area contributed by atoms with Crippen molar-refractivity contribution in [2.24, 2.45) is 0 Å². The van der Waals surface area contributed by atoms with Crippen molar-refractivity contribution in [1.29, 1.82) is 0 Å². The van der Waals surface area contributed by atoms with Gasteiger partial charge in [0.05, 0.1) is 5.58 Å². The van der Waals surface area contributed by atoms with Gasteiger partial charge in [0, 0.05) is 50.0 Å². The van der Waals surface area contributed by atoms with Gasteiger partial charge in [-0.2, -0.15) is 0 Å². The van der Waals surface area contributed by atoms with Gasteiger partial charge in [-0.1, -0.05) is 65.0 Å². The molecule has 3 aromatic carbocycles. The second-order valence-corrected chi connectivity index (χ2v) is 9.73. The van der Waals surface area contributed by atoms with E-state index in [0.29, 0.717) is 5.71 Å². The van der Waals surface area contributed by atoms with Crippen molar-refractivity contribution >= 4 is 22.1 Å². The Morgan fingerprint density at radius 1 is 0.707 bits per heavy atom. The van der Waals surface area contributed by atoms with Gasteiger partial charge in [-0.3, -0.25) is 0 Å². The van der Waals surface area contributed by atoms with Crippen LogP contribution in [0.15, 0.2) is 120 Å². The summed E-state index contributed by atoms with van der Waals surface area (Å²) in [5.74, 6) is 0. The van der Waals surface area contributed by atoms with Crippen LogP contribution in [0.2, 0.25) is 0 Å². The monoisotopic (exact) mass is 710 g/mol. The van der Waals surface area contributed by atoms with E-state index in [0.717, 1.165) is 56.5 Å². The van der Waals surface area contributed by atoms with E-state index in [-0.39, 0.29) is 20.1 Å². The quantitative estimate of drug-likeness (QED) is 0.172. The number of nitrogens with zero attached hydrogens (tertiary/aromatic N) is 3. The van der Waals surface area contributed by atoms with Gasteiger partial charge < -0.3 is 14.4 Å². The smallest absolute Gasteiger partial charge is 0.216 e. The summed E-state index contributed by atoms with van der Waals surface area (Å²) < 4.78 is 6.17. The standard InChI is InChI=1S/C24H17N2O.C12H10N.Ir/c1-16-12-13-25-22(14-16)21-9-5-8-19-20-11-10-18(26-24(20)27-23(19)21)15-17-6-3-2-4-7-17;1-10-7-8-12(13-9-10)11-5-3-2-4-6-11;/h2-8,10-14H,15H2,1H3;2-5,7-9H,1H3;/q2*-1;. The Kier molecular flexibility index (Phi) is 8.79. The third-order valence-electron chi connectivity index (χ3n) is 6.65. The minimum atomic E-state index is 0. The Balaban J connectivity index is 0.000000204. The Hall–Kier alpha value is -4.44. The zero-order valence-corrected chi connectivity index (χ0v) is 25.2. The molecule has 7 aromatic rings. The molecule has 4 heterocycles. The maximum atomic E-state index is 6.17. The molecule has 0 aliphatic carbocycles. The molecule has 1 radical (unpaired) electrons. The molecule has 0 saturated carbocycles. The topological polar surface area (TPSA) is 51.8 Å². The molecule has 0 saturated heterocycles. The summed E-state index contributed by atoms with van der Waals surface area (Å²) in [6, 6.07) is 40.9. The van der Waals surface area contributed by atoms with Crippen molar-refractivity contribution < 1.29 is 24.5 Å². The molecule has 203 valence electrons. The Morgan fingerprint density at radius 2 is 1.56 bits per heavy atom. The normalized spacial score (nSPS) is 10.6. The van der Waals surface area contributed by atoms with Gasteiger partial charge in [-0.05, 0) is 54.6 Å². The van der Waals surface area contributed by atoms with E-state index in [1.807, 2.05) is 92.1 Å². The van der Waals surface area contributed by atoms with Crippen LogP contribution >= 0.6 is 0 Å². The maximum absolute atomic E-state index is 6.17. The van der Waals surface area contributed by atoms with Gasteiger partial charge in [0.2, 0.25) is 5.71 Å².